The third kappa shape index (κ3) is 5.56. The SMILES string of the molecule is COc1ccc(-c2nc(SCC(=O)Nc3ccc(C4(C)CC5CC(C)CC(C5)C4)cc3)n[nH]2)cc1. The van der Waals surface area contributed by atoms with Crippen molar-refractivity contribution in [2.45, 2.75) is 56.5 Å². The Morgan fingerprint density at radius 1 is 1.09 bits per heavy atom. The Bertz CT molecular complexity index is 1140. The first-order valence-corrected chi connectivity index (χ1v) is 13.5. The number of anilines is 1. The lowest BCUT2D eigenvalue weighted by molar-refractivity contribution is -0.113. The van der Waals surface area contributed by atoms with Gasteiger partial charge in [0.2, 0.25) is 11.1 Å². The molecule has 5 rings (SSSR count). The zero-order valence-corrected chi connectivity index (χ0v) is 21.5. The Hall–Kier alpha value is -2.80. The van der Waals surface area contributed by atoms with Gasteiger partial charge in [-0.25, -0.2) is 4.98 Å². The maximum absolute atomic E-state index is 12.5. The number of methoxy groups -OCH3 is 1. The third-order valence-corrected chi connectivity index (χ3v) is 8.49. The van der Waals surface area contributed by atoms with Crippen LogP contribution in [0.2, 0.25) is 0 Å². The Balaban J connectivity index is 1.14. The van der Waals surface area contributed by atoms with E-state index in [1.165, 1.54) is 49.4 Å². The fourth-order valence-corrected chi connectivity index (χ4v) is 6.90. The largest absolute Gasteiger partial charge is 0.497 e. The molecule has 3 aromatic rings. The van der Waals surface area contributed by atoms with Crippen LogP contribution < -0.4 is 10.1 Å². The molecule has 2 saturated carbocycles. The highest BCUT2D eigenvalue weighted by atomic mass is 32.2. The average molecular weight is 491 g/mol. The van der Waals surface area contributed by atoms with Gasteiger partial charge in [0.15, 0.2) is 5.82 Å². The summed E-state index contributed by atoms with van der Waals surface area (Å²) in [5.41, 5.74) is 3.40. The van der Waals surface area contributed by atoms with E-state index in [1.807, 2.05) is 36.4 Å². The van der Waals surface area contributed by atoms with Crippen LogP contribution in [-0.2, 0) is 10.2 Å². The van der Waals surface area contributed by atoms with E-state index in [0.717, 1.165) is 34.8 Å². The number of rotatable bonds is 7. The quantitative estimate of drug-likeness (QED) is 0.379. The number of aromatic amines is 1. The van der Waals surface area contributed by atoms with Crippen molar-refractivity contribution >= 4 is 23.4 Å². The van der Waals surface area contributed by atoms with Crippen molar-refractivity contribution < 1.29 is 9.53 Å². The van der Waals surface area contributed by atoms with Crippen molar-refractivity contribution in [2.24, 2.45) is 17.8 Å². The second kappa shape index (κ2) is 10.1. The second-order valence-corrected chi connectivity index (χ2v) is 11.6. The molecule has 2 N–H and O–H groups in total. The number of hydrogen-bond donors (Lipinski definition) is 2. The minimum Gasteiger partial charge on any atom is -0.497 e. The van der Waals surface area contributed by atoms with Gasteiger partial charge in [0, 0.05) is 11.3 Å². The first-order chi connectivity index (χ1) is 16.9. The van der Waals surface area contributed by atoms with Gasteiger partial charge in [-0.1, -0.05) is 37.7 Å². The van der Waals surface area contributed by atoms with E-state index in [1.54, 1.807) is 7.11 Å². The van der Waals surface area contributed by atoms with Crippen LogP contribution in [0, 0.1) is 17.8 Å². The lowest BCUT2D eigenvalue weighted by Crippen LogP contribution is -2.38. The molecular formula is C28H34N4O2S. The molecule has 35 heavy (non-hydrogen) atoms. The maximum Gasteiger partial charge on any atom is 0.234 e. The van der Waals surface area contributed by atoms with E-state index in [9.17, 15) is 4.79 Å². The number of H-pyrrole nitrogens is 1. The molecule has 2 fully saturated rings. The van der Waals surface area contributed by atoms with E-state index < -0.39 is 0 Å². The van der Waals surface area contributed by atoms with E-state index in [-0.39, 0.29) is 17.1 Å². The highest BCUT2D eigenvalue weighted by molar-refractivity contribution is 7.99. The van der Waals surface area contributed by atoms with Gasteiger partial charge in [-0.15, -0.1) is 5.10 Å². The number of aromatic nitrogens is 3. The smallest absolute Gasteiger partial charge is 0.234 e. The van der Waals surface area contributed by atoms with Gasteiger partial charge in [-0.3, -0.25) is 9.89 Å². The number of hydrogen-bond acceptors (Lipinski definition) is 5. The van der Waals surface area contributed by atoms with Crippen LogP contribution in [0.15, 0.2) is 53.7 Å². The standard InChI is InChI=1S/C28H34N4O2S/c1-18-12-19-14-20(13-18)16-28(2,15-19)22-6-8-23(9-7-22)29-25(33)17-35-27-30-26(31-32-27)21-4-10-24(34-3)11-5-21/h4-11,18-20H,12-17H2,1-3H3,(H,29,33)(H,30,31,32). The molecule has 2 aliphatic rings. The van der Waals surface area contributed by atoms with Crippen molar-refractivity contribution in [3.63, 3.8) is 0 Å². The molecule has 7 heteroatoms. The first-order valence-electron chi connectivity index (χ1n) is 12.5. The monoisotopic (exact) mass is 490 g/mol. The molecule has 0 saturated heterocycles. The van der Waals surface area contributed by atoms with Crippen molar-refractivity contribution in [3.05, 3.63) is 54.1 Å². The summed E-state index contributed by atoms with van der Waals surface area (Å²) in [7, 11) is 1.64. The summed E-state index contributed by atoms with van der Waals surface area (Å²) in [6, 6.07) is 16.1. The molecule has 1 amide bonds. The minimum atomic E-state index is -0.0639. The maximum atomic E-state index is 12.5. The average Bonchev–Trinajstić information content (AvgIpc) is 3.31. The molecule has 2 aliphatic carbocycles. The summed E-state index contributed by atoms with van der Waals surface area (Å²) >= 11 is 1.32. The molecule has 2 aromatic carbocycles. The molecule has 0 spiro atoms. The molecule has 6 nitrogen and oxygen atoms in total. The van der Waals surface area contributed by atoms with Crippen LogP contribution in [-0.4, -0.2) is 34.0 Å². The van der Waals surface area contributed by atoms with Crippen molar-refractivity contribution in [1.29, 1.82) is 0 Å². The highest BCUT2D eigenvalue weighted by Crippen LogP contribution is 2.51. The molecule has 2 bridgehead atoms. The van der Waals surface area contributed by atoms with Crippen LogP contribution in [0.1, 0.15) is 51.5 Å². The number of carbonyl (C=O) groups is 1. The molecular weight excluding hydrogens is 456 g/mol. The third-order valence-electron chi connectivity index (χ3n) is 7.64. The number of thioether (sulfide) groups is 1. The number of nitrogens with zero attached hydrogens (tertiary/aromatic N) is 2. The van der Waals surface area contributed by atoms with Crippen molar-refractivity contribution in [1.82, 2.24) is 15.2 Å². The zero-order chi connectivity index (χ0) is 24.4. The van der Waals surface area contributed by atoms with Gasteiger partial charge in [-0.2, -0.15) is 0 Å². The van der Waals surface area contributed by atoms with Crippen LogP contribution in [0.4, 0.5) is 5.69 Å². The van der Waals surface area contributed by atoms with Crippen LogP contribution in [0.5, 0.6) is 5.75 Å². The number of nitrogens with one attached hydrogen (secondary N) is 2. The molecule has 1 aromatic heterocycles. The predicted octanol–water partition coefficient (Wildman–Crippen LogP) is 6.32. The summed E-state index contributed by atoms with van der Waals surface area (Å²) in [5, 5.41) is 10.7. The van der Waals surface area contributed by atoms with E-state index >= 15 is 0 Å². The lowest BCUT2D eigenvalue weighted by Gasteiger charge is -2.47. The van der Waals surface area contributed by atoms with Crippen LogP contribution in [0.3, 0.4) is 0 Å². The summed E-state index contributed by atoms with van der Waals surface area (Å²) in [6.07, 6.45) is 6.74. The summed E-state index contributed by atoms with van der Waals surface area (Å²) in [6.45, 7) is 4.85. The number of ether oxygens (including phenoxy) is 1. The first kappa shape index (κ1) is 23.9. The summed E-state index contributed by atoms with van der Waals surface area (Å²) in [5.74, 6) is 4.24. The van der Waals surface area contributed by atoms with Gasteiger partial charge in [0.1, 0.15) is 5.75 Å². The molecule has 184 valence electrons. The minimum absolute atomic E-state index is 0.0639. The Morgan fingerprint density at radius 2 is 1.77 bits per heavy atom. The Kier molecular flexibility index (Phi) is 6.87. The van der Waals surface area contributed by atoms with E-state index in [0.29, 0.717) is 11.0 Å². The van der Waals surface area contributed by atoms with Crippen molar-refractivity contribution in [2.75, 3.05) is 18.2 Å². The van der Waals surface area contributed by atoms with Gasteiger partial charge < -0.3 is 10.1 Å². The van der Waals surface area contributed by atoms with E-state index in [4.69, 9.17) is 4.74 Å². The highest BCUT2D eigenvalue weighted by Gasteiger charge is 2.41. The van der Waals surface area contributed by atoms with Crippen LogP contribution in [0.25, 0.3) is 11.4 Å². The zero-order valence-electron chi connectivity index (χ0n) is 20.7. The number of amides is 1. The lowest BCUT2D eigenvalue weighted by atomic mass is 9.57. The molecule has 0 radical (unpaired) electrons. The van der Waals surface area contributed by atoms with Gasteiger partial charge in [0.25, 0.3) is 0 Å². The van der Waals surface area contributed by atoms with Gasteiger partial charge >= 0.3 is 0 Å². The number of carbonyl (C=O) groups excluding carboxylic acids is 1. The van der Waals surface area contributed by atoms with E-state index in [2.05, 4.69) is 46.5 Å². The second-order valence-electron chi connectivity index (χ2n) is 10.6. The number of fused-ring (bicyclic) bond motifs is 2. The predicted molar refractivity (Wildman–Crippen MR) is 141 cm³/mol. The summed E-state index contributed by atoms with van der Waals surface area (Å²) < 4.78 is 5.19. The fourth-order valence-electron chi connectivity index (χ4n) is 6.30. The molecule has 0 aliphatic heterocycles. The Labute approximate surface area is 211 Å². The van der Waals surface area contributed by atoms with Crippen LogP contribution >= 0.6 is 11.8 Å². The fraction of sp³-hybridized carbons (Fsp3) is 0.464. The Morgan fingerprint density at radius 3 is 2.43 bits per heavy atom. The normalized spacial score (nSPS) is 25.7. The summed E-state index contributed by atoms with van der Waals surface area (Å²) in [4.78, 5) is 17.0. The molecule has 2 unspecified atom stereocenters. The topological polar surface area (TPSA) is 79.9 Å². The molecule has 1 heterocycles. The van der Waals surface area contributed by atoms with Crippen molar-refractivity contribution in [3.8, 4) is 17.1 Å². The van der Waals surface area contributed by atoms with Gasteiger partial charge in [-0.05, 0) is 97.2 Å². The molecule has 2 atom stereocenters. The van der Waals surface area contributed by atoms with Gasteiger partial charge in [0.05, 0.1) is 12.9 Å². The number of benzene rings is 2.